The zero-order valence-electron chi connectivity index (χ0n) is 14.5. The van der Waals surface area contributed by atoms with Gasteiger partial charge in [0.25, 0.3) is 0 Å². The molecule has 0 aliphatic carbocycles. The summed E-state index contributed by atoms with van der Waals surface area (Å²) in [5, 5.41) is 0. The first-order valence-corrected chi connectivity index (χ1v) is 7.74. The molecule has 23 heavy (non-hydrogen) atoms. The second kappa shape index (κ2) is 6.11. The van der Waals surface area contributed by atoms with Crippen LogP contribution in [0.3, 0.4) is 0 Å². The smallest absolute Gasteiger partial charge is 0.400 e. The Bertz CT molecular complexity index is 637. The van der Waals surface area contributed by atoms with Gasteiger partial charge in [0.05, 0.1) is 11.2 Å². The summed E-state index contributed by atoms with van der Waals surface area (Å²) < 4.78 is 12.1. The van der Waals surface area contributed by atoms with Gasteiger partial charge in [-0.05, 0) is 51.7 Å². The molecular formula is C17H25BN2O3. The normalized spacial score (nSPS) is 19.9. The molecule has 1 aromatic rings. The molecule has 0 unspecified atom stereocenters. The maximum atomic E-state index is 11.4. The molecule has 5 nitrogen and oxygen atoms in total. The van der Waals surface area contributed by atoms with Crippen LogP contribution in [-0.2, 0) is 9.31 Å². The Labute approximate surface area is 138 Å². The van der Waals surface area contributed by atoms with Crippen molar-refractivity contribution in [3.63, 3.8) is 0 Å². The summed E-state index contributed by atoms with van der Waals surface area (Å²) in [7, 11) is -0.503. The number of hydrogen-bond acceptors (Lipinski definition) is 5. The van der Waals surface area contributed by atoms with Crippen LogP contribution in [0.4, 0.5) is 5.69 Å². The summed E-state index contributed by atoms with van der Waals surface area (Å²) in [5.74, 6) is -0.0164. The van der Waals surface area contributed by atoms with Crippen molar-refractivity contribution in [1.82, 2.24) is 0 Å². The Morgan fingerprint density at radius 3 is 2.22 bits per heavy atom. The van der Waals surface area contributed by atoms with Crippen LogP contribution in [-0.4, -0.2) is 30.6 Å². The summed E-state index contributed by atoms with van der Waals surface area (Å²) in [5.41, 5.74) is 13.8. The van der Waals surface area contributed by atoms with E-state index in [4.69, 9.17) is 20.8 Å². The van der Waals surface area contributed by atoms with E-state index < -0.39 is 18.3 Å². The maximum Gasteiger partial charge on any atom is 0.491 e. The van der Waals surface area contributed by atoms with Gasteiger partial charge >= 0.3 is 7.12 Å². The molecule has 0 amide bonds. The van der Waals surface area contributed by atoms with E-state index in [1.807, 2.05) is 39.8 Å². The fourth-order valence-corrected chi connectivity index (χ4v) is 2.34. The monoisotopic (exact) mass is 316 g/mol. The Morgan fingerprint density at radius 2 is 1.78 bits per heavy atom. The van der Waals surface area contributed by atoms with Crippen molar-refractivity contribution in [2.24, 2.45) is 5.73 Å². The van der Waals surface area contributed by atoms with E-state index in [1.54, 1.807) is 12.1 Å². The van der Waals surface area contributed by atoms with Crippen molar-refractivity contribution in [3.8, 4) is 0 Å². The Kier molecular flexibility index (Phi) is 4.71. The number of carbonyl (C=O) groups excluding carboxylic acids is 1. The molecule has 1 heterocycles. The molecule has 0 bridgehead atoms. The van der Waals surface area contributed by atoms with E-state index in [9.17, 15) is 4.79 Å². The minimum absolute atomic E-state index is 0.0164. The van der Waals surface area contributed by atoms with Gasteiger partial charge in [0.2, 0.25) is 0 Å². The largest absolute Gasteiger partial charge is 0.491 e. The number of Topliss-reactive ketones (excluding diaryl/α,β-unsaturated/α-hetero) is 1. The molecule has 0 saturated carbocycles. The van der Waals surface area contributed by atoms with Gasteiger partial charge < -0.3 is 20.8 Å². The highest BCUT2D eigenvalue weighted by Gasteiger charge is 2.52. The minimum Gasteiger partial charge on any atom is -0.400 e. The predicted molar refractivity (Wildman–Crippen MR) is 94.0 cm³/mol. The van der Waals surface area contributed by atoms with E-state index >= 15 is 0 Å². The molecular weight excluding hydrogens is 291 g/mol. The minimum atomic E-state index is -0.503. The summed E-state index contributed by atoms with van der Waals surface area (Å²) in [6.45, 7) is 9.80. The number of carbonyl (C=O) groups is 1. The fourth-order valence-electron chi connectivity index (χ4n) is 2.34. The van der Waals surface area contributed by atoms with Crippen molar-refractivity contribution >= 4 is 24.7 Å². The van der Waals surface area contributed by atoms with Crippen LogP contribution in [0.25, 0.3) is 6.08 Å². The van der Waals surface area contributed by atoms with Gasteiger partial charge in [-0.25, -0.2) is 0 Å². The molecule has 2 rings (SSSR count). The molecule has 1 aliphatic rings. The van der Waals surface area contributed by atoms with Crippen molar-refractivity contribution in [2.45, 2.75) is 45.8 Å². The van der Waals surface area contributed by atoms with Crippen molar-refractivity contribution in [1.29, 1.82) is 0 Å². The number of anilines is 1. The second-order valence-corrected chi connectivity index (χ2v) is 6.91. The molecule has 1 saturated heterocycles. The third-order valence-corrected chi connectivity index (χ3v) is 4.63. The van der Waals surface area contributed by atoms with E-state index in [0.717, 1.165) is 11.0 Å². The van der Waals surface area contributed by atoms with Crippen LogP contribution < -0.4 is 11.5 Å². The summed E-state index contributed by atoms with van der Waals surface area (Å²) >= 11 is 0. The quantitative estimate of drug-likeness (QED) is 0.506. The molecule has 0 aromatic heterocycles. The average Bonchev–Trinajstić information content (AvgIpc) is 2.65. The lowest BCUT2D eigenvalue weighted by Gasteiger charge is -2.32. The fraction of sp³-hybridized carbons (Fsp3) is 0.471. The highest BCUT2D eigenvalue weighted by atomic mass is 16.7. The van der Waals surface area contributed by atoms with Gasteiger partial charge in [0.15, 0.2) is 5.78 Å². The summed E-state index contributed by atoms with van der Waals surface area (Å²) in [6, 6.07) is 5.24. The molecule has 4 N–H and O–H groups in total. The zero-order valence-corrected chi connectivity index (χ0v) is 14.5. The number of rotatable bonds is 4. The Balaban J connectivity index is 2.32. The van der Waals surface area contributed by atoms with Crippen LogP contribution in [0.5, 0.6) is 0 Å². The van der Waals surface area contributed by atoms with Gasteiger partial charge in [0, 0.05) is 17.8 Å². The van der Waals surface area contributed by atoms with Gasteiger partial charge in [-0.15, -0.1) is 0 Å². The number of nitrogens with two attached hydrogens (primary N) is 2. The van der Waals surface area contributed by atoms with Gasteiger partial charge in [-0.1, -0.05) is 18.2 Å². The number of nitrogen functional groups attached to an aromatic ring is 1. The third kappa shape index (κ3) is 3.49. The summed E-state index contributed by atoms with van der Waals surface area (Å²) in [6.07, 6.45) is 1.88. The van der Waals surface area contributed by atoms with E-state index in [1.165, 1.54) is 6.92 Å². The molecule has 1 aromatic carbocycles. The SMILES string of the molecule is CC(=O)c1ccc(C=C(CN)B2OC(C)(C)C(C)(C)O2)c(N)c1. The van der Waals surface area contributed by atoms with Crippen molar-refractivity contribution < 1.29 is 14.1 Å². The van der Waals surface area contributed by atoms with E-state index in [-0.39, 0.29) is 5.78 Å². The highest BCUT2D eigenvalue weighted by molar-refractivity contribution is 6.56. The van der Waals surface area contributed by atoms with E-state index in [0.29, 0.717) is 17.8 Å². The number of benzene rings is 1. The van der Waals surface area contributed by atoms with E-state index in [2.05, 4.69) is 0 Å². The van der Waals surface area contributed by atoms with Crippen LogP contribution in [0, 0.1) is 0 Å². The molecule has 124 valence electrons. The maximum absolute atomic E-state index is 11.4. The number of ketones is 1. The molecule has 0 atom stereocenters. The molecule has 0 radical (unpaired) electrons. The second-order valence-electron chi connectivity index (χ2n) is 6.91. The third-order valence-electron chi connectivity index (χ3n) is 4.63. The summed E-state index contributed by atoms with van der Waals surface area (Å²) in [4.78, 5) is 11.4. The molecule has 1 fully saturated rings. The van der Waals surface area contributed by atoms with Gasteiger partial charge in [-0.3, -0.25) is 4.79 Å². The van der Waals surface area contributed by atoms with Crippen LogP contribution in [0.15, 0.2) is 23.7 Å². The van der Waals surface area contributed by atoms with Crippen LogP contribution in [0.2, 0.25) is 0 Å². The highest BCUT2D eigenvalue weighted by Crippen LogP contribution is 2.38. The van der Waals surface area contributed by atoms with Gasteiger partial charge in [-0.2, -0.15) is 0 Å². The first-order chi connectivity index (χ1) is 10.6. The van der Waals surface area contributed by atoms with Crippen molar-refractivity contribution in [3.05, 3.63) is 34.8 Å². The van der Waals surface area contributed by atoms with Crippen molar-refractivity contribution in [2.75, 3.05) is 12.3 Å². The molecule has 0 spiro atoms. The Morgan fingerprint density at radius 1 is 1.22 bits per heavy atom. The Hall–Kier alpha value is -1.63. The van der Waals surface area contributed by atoms with Crippen LogP contribution in [0.1, 0.15) is 50.5 Å². The average molecular weight is 316 g/mol. The topological polar surface area (TPSA) is 87.6 Å². The predicted octanol–water partition coefficient (Wildman–Crippen LogP) is 2.44. The van der Waals surface area contributed by atoms with Gasteiger partial charge in [0.1, 0.15) is 0 Å². The molecule has 1 aliphatic heterocycles. The zero-order chi connectivity index (χ0) is 17.4. The first-order valence-electron chi connectivity index (χ1n) is 7.74. The lowest BCUT2D eigenvalue weighted by Crippen LogP contribution is -2.41. The lowest BCUT2D eigenvalue weighted by atomic mass is 9.77. The molecule has 6 heteroatoms. The standard InChI is InChI=1S/C17H25BN2O3/c1-11(21)12-6-7-13(15(20)9-12)8-14(10-19)18-22-16(2,3)17(4,5)23-18/h6-9H,10,19-20H2,1-5H3. The number of hydrogen-bond donors (Lipinski definition) is 2. The first kappa shape index (κ1) is 17.7. The lowest BCUT2D eigenvalue weighted by molar-refractivity contribution is 0.00578. The van der Waals surface area contributed by atoms with Crippen LogP contribution >= 0.6 is 0 Å².